The fourth-order valence-corrected chi connectivity index (χ4v) is 5.09. The lowest BCUT2D eigenvalue weighted by Crippen LogP contribution is -2.23. The quantitative estimate of drug-likeness (QED) is 0.598. The van der Waals surface area contributed by atoms with Crippen molar-refractivity contribution in [3.05, 3.63) is 47.2 Å². The summed E-state index contributed by atoms with van der Waals surface area (Å²) in [6.45, 7) is 0.0995. The molecule has 0 saturated heterocycles. The van der Waals surface area contributed by atoms with Gasteiger partial charge in [0, 0.05) is 23.1 Å². The van der Waals surface area contributed by atoms with Crippen LogP contribution in [0.25, 0.3) is 10.9 Å². The molecule has 2 N–H and O–H groups in total. The number of sulfonamides is 1. The fraction of sp³-hybridized carbons (Fsp3) is 0.364. The van der Waals surface area contributed by atoms with Gasteiger partial charge in [-0.3, -0.25) is 0 Å². The van der Waals surface area contributed by atoms with Gasteiger partial charge in [0.05, 0.1) is 26.2 Å². The van der Waals surface area contributed by atoms with Crippen LogP contribution in [0.15, 0.2) is 35.2 Å². The van der Waals surface area contributed by atoms with E-state index >= 15 is 0 Å². The van der Waals surface area contributed by atoms with Crippen LogP contribution in [0.1, 0.15) is 29.7 Å². The standard InChI is InChI=1S/C22H26N2O5S/c1-27-20-10-14(11-21(28-2)22(20)29-3)13-23-30(25,26)15-8-9-19-17(12-15)16-6-4-5-7-18(16)24-19/h8-12,23-24H,4-7,13H2,1-3H3. The van der Waals surface area contributed by atoms with Crippen molar-refractivity contribution in [3.8, 4) is 17.2 Å². The minimum atomic E-state index is -3.69. The lowest BCUT2D eigenvalue weighted by molar-refractivity contribution is 0.323. The van der Waals surface area contributed by atoms with Crippen molar-refractivity contribution in [1.82, 2.24) is 9.71 Å². The van der Waals surface area contributed by atoms with Crippen molar-refractivity contribution in [2.75, 3.05) is 21.3 Å². The lowest BCUT2D eigenvalue weighted by Gasteiger charge is -2.14. The molecule has 0 aliphatic heterocycles. The normalized spacial score (nSPS) is 13.8. The predicted molar refractivity (Wildman–Crippen MR) is 115 cm³/mol. The number of benzene rings is 2. The first-order chi connectivity index (χ1) is 14.5. The molecule has 0 fully saturated rings. The number of aryl methyl sites for hydroxylation is 2. The monoisotopic (exact) mass is 430 g/mol. The number of H-pyrrole nitrogens is 1. The number of nitrogens with one attached hydrogen (secondary N) is 2. The van der Waals surface area contributed by atoms with Gasteiger partial charge in [-0.05, 0) is 67.1 Å². The van der Waals surface area contributed by atoms with Gasteiger partial charge in [-0.1, -0.05) is 0 Å². The summed E-state index contributed by atoms with van der Waals surface area (Å²) in [6, 6.07) is 8.72. The van der Waals surface area contributed by atoms with E-state index in [9.17, 15) is 8.42 Å². The first-order valence-corrected chi connectivity index (χ1v) is 11.4. The first kappa shape index (κ1) is 20.6. The summed E-state index contributed by atoms with van der Waals surface area (Å²) in [4.78, 5) is 3.69. The van der Waals surface area contributed by atoms with Gasteiger partial charge in [0.1, 0.15) is 0 Å². The van der Waals surface area contributed by atoms with E-state index < -0.39 is 10.0 Å². The highest BCUT2D eigenvalue weighted by atomic mass is 32.2. The predicted octanol–water partition coefficient (Wildman–Crippen LogP) is 3.55. The van der Waals surface area contributed by atoms with Crippen LogP contribution in [0, 0.1) is 0 Å². The van der Waals surface area contributed by atoms with Crippen LogP contribution < -0.4 is 18.9 Å². The summed E-state index contributed by atoms with van der Waals surface area (Å²) in [6.07, 6.45) is 4.31. The molecule has 0 saturated carbocycles. The molecule has 1 aliphatic carbocycles. The van der Waals surface area contributed by atoms with Crippen LogP contribution in [-0.2, 0) is 29.4 Å². The number of aromatic amines is 1. The highest BCUT2D eigenvalue weighted by Crippen LogP contribution is 2.38. The molecule has 30 heavy (non-hydrogen) atoms. The van der Waals surface area contributed by atoms with Crippen molar-refractivity contribution in [2.24, 2.45) is 0 Å². The summed E-state index contributed by atoms with van der Waals surface area (Å²) in [5, 5.41) is 1.00. The number of methoxy groups -OCH3 is 3. The van der Waals surface area contributed by atoms with Crippen LogP contribution in [-0.4, -0.2) is 34.7 Å². The van der Waals surface area contributed by atoms with Crippen molar-refractivity contribution in [2.45, 2.75) is 37.1 Å². The van der Waals surface area contributed by atoms with Crippen LogP contribution in [0.3, 0.4) is 0 Å². The van der Waals surface area contributed by atoms with Gasteiger partial charge in [-0.15, -0.1) is 0 Å². The molecule has 0 atom stereocenters. The first-order valence-electron chi connectivity index (χ1n) is 9.89. The molecule has 0 spiro atoms. The molecule has 1 aliphatic rings. The Bertz CT molecular complexity index is 1160. The Morgan fingerprint density at radius 3 is 2.33 bits per heavy atom. The molecular formula is C22H26N2O5S. The number of hydrogen-bond acceptors (Lipinski definition) is 5. The second-order valence-electron chi connectivity index (χ2n) is 7.35. The third-order valence-corrected chi connectivity index (χ3v) is 6.97. The summed E-state index contributed by atoms with van der Waals surface area (Å²) in [7, 11) is 0.892. The minimum absolute atomic E-state index is 0.0995. The molecule has 0 amide bonds. The Morgan fingerprint density at radius 1 is 0.967 bits per heavy atom. The molecule has 8 heteroatoms. The number of rotatable bonds is 7. The maximum atomic E-state index is 13.0. The maximum absolute atomic E-state index is 13.0. The molecule has 160 valence electrons. The zero-order chi connectivity index (χ0) is 21.3. The van der Waals surface area contributed by atoms with Gasteiger partial charge in [0.2, 0.25) is 15.8 Å². The Hall–Kier alpha value is -2.71. The lowest BCUT2D eigenvalue weighted by atomic mass is 9.96. The molecular weight excluding hydrogens is 404 g/mol. The zero-order valence-electron chi connectivity index (χ0n) is 17.4. The summed E-state index contributed by atoms with van der Waals surface area (Å²) in [5.74, 6) is 1.42. The third-order valence-electron chi connectivity index (χ3n) is 5.57. The van der Waals surface area contributed by atoms with E-state index in [1.54, 1.807) is 24.3 Å². The molecule has 0 unspecified atom stereocenters. The van der Waals surface area contributed by atoms with Crippen molar-refractivity contribution >= 4 is 20.9 Å². The smallest absolute Gasteiger partial charge is 0.240 e. The minimum Gasteiger partial charge on any atom is -0.493 e. The van der Waals surface area contributed by atoms with E-state index in [1.807, 2.05) is 6.07 Å². The summed E-state index contributed by atoms with van der Waals surface area (Å²) in [5.41, 5.74) is 4.17. The van der Waals surface area contributed by atoms with E-state index in [-0.39, 0.29) is 11.4 Å². The SMILES string of the molecule is COc1cc(CNS(=O)(=O)c2ccc3[nH]c4c(c3c2)CCCC4)cc(OC)c1OC. The third kappa shape index (κ3) is 3.73. The maximum Gasteiger partial charge on any atom is 0.240 e. The van der Waals surface area contributed by atoms with Crippen LogP contribution in [0.5, 0.6) is 17.2 Å². The molecule has 1 heterocycles. The van der Waals surface area contributed by atoms with Gasteiger partial charge < -0.3 is 19.2 Å². The highest BCUT2D eigenvalue weighted by Gasteiger charge is 2.20. The second kappa shape index (κ2) is 8.20. The van der Waals surface area contributed by atoms with Gasteiger partial charge in [0.15, 0.2) is 11.5 Å². The van der Waals surface area contributed by atoms with E-state index in [0.29, 0.717) is 22.8 Å². The van der Waals surface area contributed by atoms with E-state index in [1.165, 1.54) is 39.0 Å². The topological polar surface area (TPSA) is 89.7 Å². The van der Waals surface area contributed by atoms with Gasteiger partial charge in [0.25, 0.3) is 0 Å². The molecule has 7 nitrogen and oxygen atoms in total. The van der Waals surface area contributed by atoms with Crippen molar-refractivity contribution < 1.29 is 22.6 Å². The van der Waals surface area contributed by atoms with Crippen molar-refractivity contribution in [1.29, 1.82) is 0 Å². The van der Waals surface area contributed by atoms with Crippen LogP contribution >= 0.6 is 0 Å². The Labute approximate surface area is 176 Å². The average molecular weight is 431 g/mol. The Balaban J connectivity index is 1.61. The van der Waals surface area contributed by atoms with Gasteiger partial charge >= 0.3 is 0 Å². The molecule has 4 rings (SSSR count). The number of ether oxygens (including phenoxy) is 3. The molecule has 0 bridgehead atoms. The molecule has 3 aromatic rings. The fourth-order valence-electron chi connectivity index (χ4n) is 4.05. The molecule has 0 radical (unpaired) electrons. The van der Waals surface area contributed by atoms with Gasteiger partial charge in [-0.2, -0.15) is 0 Å². The number of hydrogen-bond donors (Lipinski definition) is 2. The van der Waals surface area contributed by atoms with Crippen LogP contribution in [0.2, 0.25) is 0 Å². The highest BCUT2D eigenvalue weighted by molar-refractivity contribution is 7.89. The Kier molecular flexibility index (Phi) is 5.62. The number of aromatic nitrogens is 1. The second-order valence-corrected chi connectivity index (χ2v) is 9.12. The average Bonchev–Trinajstić information content (AvgIpc) is 3.14. The van der Waals surface area contributed by atoms with Crippen LogP contribution in [0.4, 0.5) is 0 Å². The zero-order valence-corrected chi connectivity index (χ0v) is 18.2. The van der Waals surface area contributed by atoms with Crippen molar-refractivity contribution in [3.63, 3.8) is 0 Å². The molecule has 2 aromatic carbocycles. The summed E-state index contributed by atoms with van der Waals surface area (Å²) >= 11 is 0. The molecule has 1 aromatic heterocycles. The largest absolute Gasteiger partial charge is 0.493 e. The Morgan fingerprint density at radius 2 is 1.67 bits per heavy atom. The number of fused-ring (bicyclic) bond motifs is 3. The van der Waals surface area contributed by atoms with E-state index in [0.717, 1.165) is 30.2 Å². The van der Waals surface area contributed by atoms with Gasteiger partial charge in [-0.25, -0.2) is 13.1 Å². The van der Waals surface area contributed by atoms with E-state index in [2.05, 4.69) is 9.71 Å². The van der Waals surface area contributed by atoms with E-state index in [4.69, 9.17) is 14.2 Å². The summed E-state index contributed by atoms with van der Waals surface area (Å²) < 4.78 is 44.6.